The third kappa shape index (κ3) is 2.00. The van der Waals surface area contributed by atoms with Gasteiger partial charge < -0.3 is 17.4 Å². The van der Waals surface area contributed by atoms with E-state index in [2.05, 4.69) is 12.4 Å². The highest BCUT2D eigenvalue weighted by Gasteiger charge is 2.33. The average Bonchev–Trinajstić information content (AvgIpc) is 1.82. The van der Waals surface area contributed by atoms with Gasteiger partial charge in [-0.2, -0.15) is 0 Å². The van der Waals surface area contributed by atoms with Crippen molar-refractivity contribution in [3.8, 4) is 0 Å². The van der Waals surface area contributed by atoms with E-state index in [-0.39, 0.29) is 4.48 Å². The normalized spacial score (nSPS) is 11.8. The summed E-state index contributed by atoms with van der Waals surface area (Å²) in [5.74, 6) is 0. The quantitative estimate of drug-likeness (QED) is 0.446. The molecule has 1 aromatic rings. The Bertz CT molecular complexity index is 275. The third-order valence-corrected chi connectivity index (χ3v) is 1.32. The lowest BCUT2D eigenvalue weighted by molar-refractivity contribution is -0.585. The summed E-state index contributed by atoms with van der Waals surface area (Å²) in [5.41, 5.74) is 0.927. The van der Waals surface area contributed by atoms with Crippen molar-refractivity contribution in [3.63, 3.8) is 0 Å². The third-order valence-electron chi connectivity index (χ3n) is 1.32. The number of rotatable bonds is 1. The van der Waals surface area contributed by atoms with Crippen LogP contribution in [-0.2, 0) is 0 Å². The topological polar surface area (TPSA) is 3.88 Å². The predicted molar refractivity (Wildman–Crippen MR) is 38.3 cm³/mol. The van der Waals surface area contributed by atoms with Crippen molar-refractivity contribution in [2.45, 2.75) is 13.8 Å². The van der Waals surface area contributed by atoms with E-state index in [0.717, 1.165) is 0 Å². The molecule has 0 aliphatic rings. The summed E-state index contributed by atoms with van der Waals surface area (Å²) in [4.78, 5) is 0. The average molecular weight is 173 g/mol. The Hall–Kier alpha value is -0.995. The highest BCUT2D eigenvalue weighted by Crippen LogP contribution is 2.04. The van der Waals surface area contributed by atoms with Crippen molar-refractivity contribution in [1.29, 1.82) is 0 Å². The van der Waals surface area contributed by atoms with Gasteiger partial charge in [-0.3, -0.25) is 6.07 Å². The first-order valence-electron chi connectivity index (χ1n) is 3.44. The van der Waals surface area contributed by atoms with E-state index >= 15 is 0 Å². The van der Waals surface area contributed by atoms with Gasteiger partial charge in [-0.1, -0.05) is 13.8 Å². The molecule has 1 heterocycles. The summed E-state index contributed by atoms with van der Waals surface area (Å²) in [6, 6.07) is 1.60. The van der Waals surface area contributed by atoms with Crippen LogP contribution in [0.4, 0.5) is 12.9 Å². The van der Waals surface area contributed by atoms with Gasteiger partial charge in [0.15, 0.2) is 0 Å². The minimum Gasteiger partial charge on any atom is -0.569 e. The molecule has 1 nitrogen and oxygen atoms in total. The van der Waals surface area contributed by atoms with Crippen molar-refractivity contribution in [3.05, 3.63) is 29.6 Å². The predicted octanol–water partition coefficient (Wildman–Crippen LogP) is 1.38. The fourth-order valence-corrected chi connectivity index (χ4v) is 0.944. The second kappa shape index (κ2) is 2.81. The zero-order valence-corrected chi connectivity index (χ0v) is 6.74. The summed E-state index contributed by atoms with van der Waals surface area (Å²) < 4.78 is 36.4. The number of aromatic nitrogens is 1. The van der Waals surface area contributed by atoms with Crippen LogP contribution in [0.15, 0.2) is 6.07 Å². The molecule has 66 valence electrons. The zero-order chi connectivity index (χ0) is 9.35. The van der Waals surface area contributed by atoms with Crippen LogP contribution in [0.1, 0.15) is 11.1 Å². The van der Waals surface area contributed by atoms with Gasteiger partial charge in [0, 0.05) is 0 Å². The molecular formula is C7H7BF3N-2. The van der Waals surface area contributed by atoms with Crippen LogP contribution < -0.4 is 4.48 Å². The van der Waals surface area contributed by atoms with E-state index in [0.29, 0.717) is 11.1 Å². The molecule has 12 heavy (non-hydrogen) atoms. The minimum absolute atomic E-state index is 0.0741. The molecule has 0 atom stereocenters. The summed E-state index contributed by atoms with van der Waals surface area (Å²) >= 11 is 0. The van der Waals surface area contributed by atoms with Crippen LogP contribution in [0, 0.1) is 26.2 Å². The van der Waals surface area contributed by atoms with Gasteiger partial charge in [0.2, 0.25) is 0 Å². The molecule has 0 aromatic carbocycles. The summed E-state index contributed by atoms with van der Waals surface area (Å²) in [7, 11) is -5.04. The fraction of sp³-hybridized carbons (Fsp3) is 0.286. The number of pyridine rings is 1. The number of halogens is 3. The summed E-state index contributed by atoms with van der Waals surface area (Å²) in [5, 5.41) is 0. The maximum Gasteiger partial charge on any atom is 0.767 e. The van der Waals surface area contributed by atoms with Gasteiger partial charge in [0.25, 0.3) is 0 Å². The van der Waals surface area contributed by atoms with Crippen molar-refractivity contribution in [2.75, 3.05) is 0 Å². The molecule has 5 heteroatoms. The van der Waals surface area contributed by atoms with E-state index in [1.54, 1.807) is 19.9 Å². The fourth-order valence-electron chi connectivity index (χ4n) is 0.944. The highest BCUT2D eigenvalue weighted by atomic mass is 19.4. The summed E-state index contributed by atoms with van der Waals surface area (Å²) in [6.07, 6.45) is 4.30. The van der Waals surface area contributed by atoms with E-state index < -0.39 is 7.11 Å². The van der Waals surface area contributed by atoms with Crippen LogP contribution in [0.2, 0.25) is 0 Å². The van der Waals surface area contributed by atoms with Gasteiger partial charge >= 0.3 is 7.11 Å². The summed E-state index contributed by atoms with van der Waals surface area (Å²) in [6.45, 7) is 3.14. The van der Waals surface area contributed by atoms with Crippen molar-refractivity contribution < 1.29 is 17.4 Å². The first-order chi connectivity index (χ1) is 5.39. The Balaban J connectivity index is 3.18. The van der Waals surface area contributed by atoms with Crippen LogP contribution in [0.25, 0.3) is 0 Å². The lowest BCUT2D eigenvalue weighted by Crippen LogP contribution is -2.56. The second-order valence-corrected chi connectivity index (χ2v) is 2.64. The van der Waals surface area contributed by atoms with Crippen molar-refractivity contribution in [1.82, 2.24) is 0 Å². The Labute approximate surface area is 68.9 Å². The van der Waals surface area contributed by atoms with Gasteiger partial charge in [-0.15, -0.1) is 12.4 Å². The number of hydrogen-bond donors (Lipinski definition) is 0. The zero-order valence-electron chi connectivity index (χ0n) is 6.74. The Morgan fingerprint density at radius 2 is 1.58 bits per heavy atom. The molecule has 0 aliphatic heterocycles. The van der Waals surface area contributed by atoms with Crippen LogP contribution in [-0.4, -0.2) is 7.11 Å². The molecule has 0 unspecified atom stereocenters. The smallest absolute Gasteiger partial charge is 0.569 e. The monoisotopic (exact) mass is 173 g/mol. The molecule has 1 rings (SSSR count). The maximum absolute atomic E-state index is 12.1. The van der Waals surface area contributed by atoms with Crippen molar-refractivity contribution in [2.24, 2.45) is 0 Å². The number of nitrogens with zero attached hydrogens (tertiary/aromatic N) is 1. The van der Waals surface area contributed by atoms with Crippen LogP contribution in [0.3, 0.4) is 0 Å². The molecule has 0 saturated heterocycles. The Morgan fingerprint density at radius 1 is 1.17 bits per heavy atom. The molecule has 0 bridgehead atoms. The number of hydrogen-bond acceptors (Lipinski definition) is 0. The minimum atomic E-state index is -5.04. The SMILES string of the molecule is Cc1[c-][n+]([B-](F)(F)F)[c-]c(C)c1. The Kier molecular flexibility index (Phi) is 2.13. The van der Waals surface area contributed by atoms with Gasteiger partial charge in [-0.05, 0) is 0 Å². The van der Waals surface area contributed by atoms with Crippen molar-refractivity contribution >= 4 is 7.11 Å². The largest absolute Gasteiger partial charge is 0.767 e. The molecular weight excluding hydrogens is 166 g/mol. The molecule has 0 aliphatic carbocycles. The first kappa shape index (κ1) is 9.10. The molecule has 0 spiro atoms. The molecule has 0 saturated carbocycles. The molecule has 0 amide bonds. The highest BCUT2D eigenvalue weighted by molar-refractivity contribution is 6.48. The first-order valence-corrected chi connectivity index (χ1v) is 3.44. The second-order valence-electron chi connectivity index (χ2n) is 2.64. The maximum atomic E-state index is 12.1. The number of aryl methyl sites for hydroxylation is 2. The Morgan fingerprint density at radius 3 is 1.92 bits per heavy atom. The molecule has 0 radical (unpaired) electrons. The van der Waals surface area contributed by atoms with Gasteiger partial charge in [0.1, 0.15) is 0 Å². The lowest BCUT2D eigenvalue weighted by atomic mass is 10.1. The standard InChI is InChI=1S/C7H7BF3N/c1-6-3-7(2)5-12(4-6)8(9,10)11/h3H,1-2H3/q-2. The van der Waals surface area contributed by atoms with E-state index in [1.807, 2.05) is 0 Å². The van der Waals surface area contributed by atoms with Gasteiger partial charge in [-0.25, -0.2) is 11.1 Å². The van der Waals surface area contributed by atoms with Crippen LogP contribution >= 0.6 is 0 Å². The molecule has 0 N–H and O–H groups in total. The molecule has 1 aromatic heterocycles. The molecule has 0 fully saturated rings. The van der Waals surface area contributed by atoms with E-state index in [4.69, 9.17) is 0 Å². The van der Waals surface area contributed by atoms with Gasteiger partial charge in [0.05, 0.1) is 0 Å². The van der Waals surface area contributed by atoms with Crippen LogP contribution in [0.5, 0.6) is 0 Å². The van der Waals surface area contributed by atoms with E-state index in [9.17, 15) is 12.9 Å². The lowest BCUT2D eigenvalue weighted by Gasteiger charge is -2.24. The van der Waals surface area contributed by atoms with E-state index in [1.165, 1.54) is 0 Å².